The van der Waals surface area contributed by atoms with Gasteiger partial charge < -0.3 is 10.6 Å². The topological polar surface area (TPSA) is 29.3 Å². The van der Waals surface area contributed by atoms with Gasteiger partial charge in [-0.3, -0.25) is 0 Å². The fraction of sp³-hybridized carbons (Fsp3) is 0.375. The molecular formula is C16H21BrN2S. The Hall–Kier alpha value is -0.680. The van der Waals surface area contributed by atoms with Gasteiger partial charge in [0.05, 0.1) is 3.79 Å². The van der Waals surface area contributed by atoms with Gasteiger partial charge in [0.25, 0.3) is 0 Å². The van der Waals surface area contributed by atoms with E-state index in [2.05, 4.69) is 63.6 Å². The molecule has 1 heterocycles. The zero-order valence-corrected chi connectivity index (χ0v) is 14.2. The van der Waals surface area contributed by atoms with Crippen LogP contribution in [-0.2, 0) is 6.54 Å². The fourth-order valence-corrected chi connectivity index (χ4v) is 3.47. The third-order valence-corrected chi connectivity index (χ3v) is 4.91. The monoisotopic (exact) mass is 352 g/mol. The molecule has 0 aliphatic rings. The lowest BCUT2D eigenvalue weighted by Gasteiger charge is -2.17. The maximum Gasteiger partial charge on any atom is 0.0701 e. The van der Waals surface area contributed by atoms with Crippen molar-refractivity contribution in [3.8, 4) is 0 Å². The van der Waals surface area contributed by atoms with E-state index in [1.807, 2.05) is 6.07 Å². The van der Waals surface area contributed by atoms with Gasteiger partial charge in [0, 0.05) is 12.6 Å². The van der Waals surface area contributed by atoms with Crippen LogP contribution in [0, 0.1) is 0 Å². The summed E-state index contributed by atoms with van der Waals surface area (Å²) in [5.41, 5.74) is 8.82. The molecule has 4 heteroatoms. The minimum Gasteiger partial charge on any atom is -0.324 e. The van der Waals surface area contributed by atoms with E-state index < -0.39 is 0 Å². The number of thiophene rings is 1. The first-order valence-electron chi connectivity index (χ1n) is 6.87. The van der Waals surface area contributed by atoms with Crippen LogP contribution in [0.25, 0.3) is 0 Å². The zero-order valence-electron chi connectivity index (χ0n) is 11.8. The Bertz CT molecular complexity index is 512. The highest BCUT2D eigenvalue weighted by Crippen LogP contribution is 2.22. The summed E-state index contributed by atoms with van der Waals surface area (Å²) in [5.74, 6) is 0. The lowest BCUT2D eigenvalue weighted by Crippen LogP contribution is -2.20. The van der Waals surface area contributed by atoms with Crippen molar-refractivity contribution >= 4 is 27.3 Å². The number of halogens is 1. The van der Waals surface area contributed by atoms with E-state index in [-0.39, 0.29) is 6.04 Å². The van der Waals surface area contributed by atoms with Gasteiger partial charge in [-0.2, -0.15) is 0 Å². The number of benzene rings is 1. The van der Waals surface area contributed by atoms with Gasteiger partial charge in [-0.15, -0.1) is 11.3 Å². The van der Waals surface area contributed by atoms with Crippen LogP contribution in [0.3, 0.4) is 0 Å². The molecule has 1 atom stereocenters. The second kappa shape index (κ2) is 7.93. The van der Waals surface area contributed by atoms with Crippen LogP contribution < -0.4 is 5.73 Å². The summed E-state index contributed by atoms with van der Waals surface area (Å²) in [6.45, 7) is 2.08. The first-order valence-corrected chi connectivity index (χ1v) is 8.54. The highest BCUT2D eigenvalue weighted by Gasteiger charge is 2.07. The molecular weight excluding hydrogens is 332 g/mol. The number of nitrogens with zero attached hydrogens (tertiary/aromatic N) is 1. The van der Waals surface area contributed by atoms with Crippen molar-refractivity contribution in [1.29, 1.82) is 0 Å². The van der Waals surface area contributed by atoms with Crippen molar-refractivity contribution in [2.45, 2.75) is 25.4 Å². The molecule has 0 bridgehead atoms. The first-order chi connectivity index (χ1) is 9.65. The van der Waals surface area contributed by atoms with E-state index in [9.17, 15) is 0 Å². The Morgan fingerprint density at radius 3 is 2.70 bits per heavy atom. The van der Waals surface area contributed by atoms with E-state index >= 15 is 0 Å². The van der Waals surface area contributed by atoms with Crippen LogP contribution in [0.5, 0.6) is 0 Å². The summed E-state index contributed by atoms with van der Waals surface area (Å²) in [5, 5.41) is 2.20. The molecule has 108 valence electrons. The summed E-state index contributed by atoms with van der Waals surface area (Å²) in [4.78, 5) is 2.35. The van der Waals surface area contributed by atoms with Crippen molar-refractivity contribution in [3.63, 3.8) is 0 Å². The van der Waals surface area contributed by atoms with E-state index in [1.165, 1.54) is 14.9 Å². The van der Waals surface area contributed by atoms with Crippen molar-refractivity contribution in [2.24, 2.45) is 5.73 Å². The molecule has 0 saturated heterocycles. The number of hydrogen-bond donors (Lipinski definition) is 1. The smallest absolute Gasteiger partial charge is 0.0701 e. The van der Waals surface area contributed by atoms with Crippen molar-refractivity contribution < 1.29 is 0 Å². The van der Waals surface area contributed by atoms with Gasteiger partial charge >= 0.3 is 0 Å². The van der Waals surface area contributed by atoms with E-state index in [4.69, 9.17) is 5.73 Å². The van der Waals surface area contributed by atoms with Gasteiger partial charge in [-0.25, -0.2) is 0 Å². The van der Waals surface area contributed by atoms with Crippen LogP contribution in [0.1, 0.15) is 30.0 Å². The summed E-state index contributed by atoms with van der Waals surface area (Å²) >= 11 is 5.25. The molecule has 2 rings (SSSR count). The summed E-state index contributed by atoms with van der Waals surface area (Å²) < 4.78 is 1.20. The van der Waals surface area contributed by atoms with Gasteiger partial charge in [0.15, 0.2) is 0 Å². The second-order valence-electron chi connectivity index (χ2n) is 5.16. The lowest BCUT2D eigenvalue weighted by atomic mass is 10.0. The molecule has 2 N–H and O–H groups in total. The van der Waals surface area contributed by atoms with Crippen LogP contribution in [0.15, 0.2) is 45.6 Å². The van der Waals surface area contributed by atoms with Gasteiger partial charge in [0.1, 0.15) is 0 Å². The molecule has 2 aromatic rings. The van der Waals surface area contributed by atoms with Crippen LogP contribution in [-0.4, -0.2) is 18.5 Å². The van der Waals surface area contributed by atoms with Crippen LogP contribution in [0.4, 0.5) is 0 Å². The first kappa shape index (κ1) is 15.7. The van der Waals surface area contributed by atoms with Gasteiger partial charge in [0.2, 0.25) is 0 Å². The van der Waals surface area contributed by atoms with E-state index in [1.54, 1.807) is 11.3 Å². The Kier molecular flexibility index (Phi) is 6.23. The quantitative estimate of drug-likeness (QED) is 0.798. The summed E-state index contributed by atoms with van der Waals surface area (Å²) in [6, 6.07) is 12.7. The predicted molar refractivity (Wildman–Crippen MR) is 91.0 cm³/mol. The summed E-state index contributed by atoms with van der Waals surface area (Å²) in [6.07, 6.45) is 2.15. The number of hydrogen-bond acceptors (Lipinski definition) is 3. The molecule has 1 unspecified atom stereocenters. The van der Waals surface area contributed by atoms with Crippen molar-refractivity contribution in [3.05, 3.63) is 56.7 Å². The second-order valence-corrected chi connectivity index (χ2v) is 7.45. The van der Waals surface area contributed by atoms with Crippen molar-refractivity contribution in [1.82, 2.24) is 4.90 Å². The number of nitrogens with two attached hydrogens (primary N) is 1. The Labute approximate surface area is 133 Å². The third kappa shape index (κ3) is 5.02. The SMILES string of the molecule is CN(CCCC(N)c1ccccc1)Cc1csc(Br)c1. The maximum atomic E-state index is 6.21. The van der Waals surface area contributed by atoms with Crippen molar-refractivity contribution in [2.75, 3.05) is 13.6 Å². The Balaban J connectivity index is 1.70. The molecule has 2 nitrogen and oxygen atoms in total. The van der Waals surface area contributed by atoms with E-state index in [0.29, 0.717) is 0 Å². The lowest BCUT2D eigenvalue weighted by molar-refractivity contribution is 0.314. The molecule has 0 fully saturated rings. The number of rotatable bonds is 7. The molecule has 0 spiro atoms. The molecule has 1 aromatic heterocycles. The zero-order chi connectivity index (χ0) is 14.4. The Morgan fingerprint density at radius 1 is 1.30 bits per heavy atom. The van der Waals surface area contributed by atoms with Gasteiger partial charge in [-0.05, 0) is 64.9 Å². The molecule has 0 saturated carbocycles. The predicted octanol–water partition coefficient (Wildman–Crippen LogP) is 4.42. The molecule has 1 aromatic carbocycles. The maximum absolute atomic E-state index is 6.21. The highest BCUT2D eigenvalue weighted by atomic mass is 79.9. The molecule has 0 aliphatic heterocycles. The average Bonchev–Trinajstić information content (AvgIpc) is 2.85. The largest absolute Gasteiger partial charge is 0.324 e. The standard InChI is InChI=1S/C16H21BrN2S/c1-19(11-13-10-16(17)20-12-13)9-5-8-15(18)14-6-3-2-4-7-14/h2-4,6-7,10,12,15H,5,8-9,11,18H2,1H3. The molecule has 0 aliphatic carbocycles. The molecule has 0 radical (unpaired) electrons. The normalized spacial score (nSPS) is 12.8. The van der Waals surface area contributed by atoms with Crippen LogP contribution >= 0.6 is 27.3 Å². The minimum atomic E-state index is 0.153. The highest BCUT2D eigenvalue weighted by molar-refractivity contribution is 9.11. The van der Waals surface area contributed by atoms with Crippen LogP contribution in [0.2, 0.25) is 0 Å². The van der Waals surface area contributed by atoms with E-state index in [0.717, 1.165) is 25.9 Å². The molecule has 0 amide bonds. The van der Waals surface area contributed by atoms with Gasteiger partial charge in [-0.1, -0.05) is 30.3 Å². The molecule has 20 heavy (non-hydrogen) atoms. The summed E-state index contributed by atoms with van der Waals surface area (Å²) in [7, 11) is 2.17. The minimum absolute atomic E-state index is 0.153. The third-order valence-electron chi connectivity index (χ3n) is 3.36. The fourth-order valence-electron chi connectivity index (χ4n) is 2.27. The average molecular weight is 353 g/mol. The Morgan fingerprint density at radius 2 is 2.05 bits per heavy atom.